The molecule has 2 radical (unpaired) electrons. The van der Waals surface area contributed by atoms with E-state index in [1.807, 2.05) is 32.0 Å². The fourth-order valence-corrected chi connectivity index (χ4v) is 3.42. The lowest BCUT2D eigenvalue weighted by Crippen LogP contribution is -2.15. The predicted molar refractivity (Wildman–Crippen MR) is 105 cm³/mol. The molecule has 7 heteroatoms. The Morgan fingerprint density at radius 1 is 1.29 bits per heavy atom. The van der Waals surface area contributed by atoms with Crippen LogP contribution in [0.25, 0.3) is 0 Å². The molecule has 0 heterocycles. The minimum Gasteiger partial charge on any atom is -0.490 e. The maximum atomic E-state index is 5.79. The fourth-order valence-electron chi connectivity index (χ4n) is 1.91. The summed E-state index contributed by atoms with van der Waals surface area (Å²) in [5, 5.41) is 0. The first-order valence-electron chi connectivity index (χ1n) is 8.23. The fraction of sp³-hybridized carbons (Fsp3) is 0.647. The van der Waals surface area contributed by atoms with Crippen molar-refractivity contribution in [2.45, 2.75) is 39.0 Å². The molecule has 0 aliphatic heterocycles. The van der Waals surface area contributed by atoms with Crippen LogP contribution in [0.5, 0.6) is 5.75 Å². The molecule has 0 saturated heterocycles. The topological polar surface area (TPSA) is 36.9 Å². The van der Waals surface area contributed by atoms with E-state index in [-0.39, 0.29) is 6.10 Å². The van der Waals surface area contributed by atoms with Crippen LogP contribution in [0.1, 0.15) is 25.8 Å². The molecule has 1 atom stereocenters. The summed E-state index contributed by atoms with van der Waals surface area (Å²) < 4.78 is 23.4. The van der Waals surface area contributed by atoms with E-state index in [9.17, 15) is 0 Å². The molecule has 0 amide bonds. The average molecular weight is 435 g/mol. The average Bonchev–Trinajstić information content (AvgIpc) is 2.57. The summed E-state index contributed by atoms with van der Waals surface area (Å²) in [7, 11) is 0.526. The molecule has 1 aromatic rings. The van der Waals surface area contributed by atoms with Crippen molar-refractivity contribution >= 4 is 38.3 Å². The third-order valence-electron chi connectivity index (χ3n) is 3.05. The van der Waals surface area contributed by atoms with E-state index < -0.39 is 0 Å². The van der Waals surface area contributed by atoms with Crippen LogP contribution in [0.3, 0.4) is 0 Å². The van der Waals surface area contributed by atoms with Gasteiger partial charge in [0.25, 0.3) is 0 Å². The lowest BCUT2D eigenvalue weighted by Gasteiger charge is -2.13. The molecule has 0 spiro atoms. The van der Waals surface area contributed by atoms with Crippen LogP contribution in [-0.4, -0.2) is 48.0 Å². The van der Waals surface area contributed by atoms with E-state index >= 15 is 0 Å². The molecule has 0 aliphatic rings. The van der Waals surface area contributed by atoms with Gasteiger partial charge in [0, 0.05) is 6.61 Å². The Morgan fingerprint density at radius 2 is 2.12 bits per heavy atom. The van der Waals surface area contributed by atoms with E-state index in [4.69, 9.17) is 18.6 Å². The van der Waals surface area contributed by atoms with Crippen LogP contribution in [0.2, 0.25) is 6.04 Å². The highest BCUT2D eigenvalue weighted by Crippen LogP contribution is 2.26. The Hall–Kier alpha value is -0.0531. The first-order chi connectivity index (χ1) is 11.7. The van der Waals surface area contributed by atoms with Crippen LogP contribution >= 0.6 is 28.6 Å². The third-order valence-corrected chi connectivity index (χ3v) is 4.99. The number of benzene rings is 1. The van der Waals surface area contributed by atoms with Gasteiger partial charge in [-0.25, -0.2) is 0 Å². The van der Waals surface area contributed by atoms with Crippen LogP contribution in [-0.2, 0) is 20.5 Å². The number of halogens is 1. The van der Waals surface area contributed by atoms with Gasteiger partial charge in [0.2, 0.25) is 9.76 Å². The Morgan fingerprint density at radius 3 is 2.88 bits per heavy atom. The van der Waals surface area contributed by atoms with Gasteiger partial charge >= 0.3 is 0 Å². The van der Waals surface area contributed by atoms with E-state index in [0.29, 0.717) is 42.8 Å². The molecule has 136 valence electrons. The van der Waals surface area contributed by atoms with Gasteiger partial charge in [0.05, 0.1) is 30.4 Å². The Balaban J connectivity index is 2.29. The highest BCUT2D eigenvalue weighted by molar-refractivity contribution is 9.10. The number of hydrogen-bond acceptors (Lipinski definition) is 5. The highest BCUT2D eigenvalue weighted by atomic mass is 79.9. The van der Waals surface area contributed by atoms with Gasteiger partial charge in [-0.15, -0.1) is 0 Å². The van der Waals surface area contributed by atoms with Crippen molar-refractivity contribution in [3.8, 4) is 5.75 Å². The first-order valence-corrected chi connectivity index (χ1v) is 10.8. The van der Waals surface area contributed by atoms with Gasteiger partial charge in [-0.05, 0) is 65.7 Å². The van der Waals surface area contributed by atoms with Crippen LogP contribution in [0, 0.1) is 0 Å². The molecule has 0 aromatic heterocycles. The van der Waals surface area contributed by atoms with Crippen LogP contribution in [0.15, 0.2) is 22.7 Å². The molecular formula is C17H27BrO4SSi. The van der Waals surface area contributed by atoms with E-state index in [2.05, 4.69) is 28.6 Å². The van der Waals surface area contributed by atoms with Gasteiger partial charge in [0.15, 0.2) is 0 Å². The summed E-state index contributed by atoms with van der Waals surface area (Å²) in [6, 6.07) is 7.08. The second kappa shape index (κ2) is 14.2. The first kappa shape index (κ1) is 22.0. The zero-order valence-corrected chi connectivity index (χ0v) is 17.9. The molecule has 4 nitrogen and oxygen atoms in total. The molecule has 24 heavy (non-hydrogen) atoms. The molecule has 1 rings (SSSR count). The Kier molecular flexibility index (Phi) is 13.0. The number of ether oxygens (including phenoxy) is 3. The van der Waals surface area contributed by atoms with Gasteiger partial charge in [-0.2, -0.15) is 12.6 Å². The third kappa shape index (κ3) is 10.1. The minimum atomic E-state index is 0.113. The van der Waals surface area contributed by atoms with Crippen molar-refractivity contribution < 1.29 is 18.6 Å². The maximum Gasteiger partial charge on any atom is 0.229 e. The molecular weight excluding hydrogens is 408 g/mol. The van der Waals surface area contributed by atoms with E-state index in [1.54, 1.807) is 0 Å². The SMILES string of the molecule is CCO[C@H](C)COCc1ccc(Br)c(OCCO[Si]CCCS)c1. The number of rotatable bonds is 14. The summed E-state index contributed by atoms with van der Waals surface area (Å²) in [5.41, 5.74) is 1.08. The number of thiol groups is 1. The minimum absolute atomic E-state index is 0.113. The van der Waals surface area contributed by atoms with Crippen molar-refractivity contribution in [3.05, 3.63) is 28.2 Å². The molecule has 0 bridgehead atoms. The monoisotopic (exact) mass is 434 g/mol. The molecule has 0 aliphatic carbocycles. The summed E-state index contributed by atoms with van der Waals surface area (Å²) in [4.78, 5) is 0. The van der Waals surface area contributed by atoms with Gasteiger partial charge in [-0.1, -0.05) is 6.07 Å². The molecule has 0 fully saturated rings. The van der Waals surface area contributed by atoms with Crippen molar-refractivity contribution in [1.82, 2.24) is 0 Å². The molecule has 1 aromatic carbocycles. The molecule has 0 unspecified atom stereocenters. The van der Waals surface area contributed by atoms with Crippen LogP contribution in [0.4, 0.5) is 0 Å². The summed E-state index contributed by atoms with van der Waals surface area (Å²) in [6.07, 6.45) is 1.21. The van der Waals surface area contributed by atoms with Crippen molar-refractivity contribution in [2.24, 2.45) is 0 Å². The van der Waals surface area contributed by atoms with Gasteiger partial charge in [-0.3, -0.25) is 0 Å². The normalized spacial score (nSPS) is 12.3. The second-order valence-electron chi connectivity index (χ2n) is 5.21. The summed E-state index contributed by atoms with van der Waals surface area (Å²) in [6.45, 7) is 6.97. The van der Waals surface area contributed by atoms with Crippen molar-refractivity contribution in [1.29, 1.82) is 0 Å². The van der Waals surface area contributed by atoms with Crippen molar-refractivity contribution in [3.63, 3.8) is 0 Å². The number of hydrogen-bond donors (Lipinski definition) is 1. The van der Waals surface area contributed by atoms with Crippen molar-refractivity contribution in [2.75, 3.05) is 32.2 Å². The lowest BCUT2D eigenvalue weighted by atomic mass is 10.2. The summed E-state index contributed by atoms with van der Waals surface area (Å²) in [5.74, 6) is 1.73. The Labute approximate surface area is 162 Å². The van der Waals surface area contributed by atoms with Crippen LogP contribution < -0.4 is 4.74 Å². The quantitative estimate of drug-likeness (QED) is 0.271. The van der Waals surface area contributed by atoms with E-state index in [0.717, 1.165) is 34.0 Å². The lowest BCUT2D eigenvalue weighted by molar-refractivity contribution is -0.00716. The summed E-state index contributed by atoms with van der Waals surface area (Å²) >= 11 is 7.69. The molecule has 0 saturated carbocycles. The Bertz CT molecular complexity index is 451. The van der Waals surface area contributed by atoms with Gasteiger partial charge in [0.1, 0.15) is 12.4 Å². The largest absolute Gasteiger partial charge is 0.490 e. The molecule has 0 N–H and O–H groups in total. The highest BCUT2D eigenvalue weighted by Gasteiger charge is 2.05. The van der Waals surface area contributed by atoms with E-state index in [1.165, 1.54) is 0 Å². The standard InChI is InChI=1S/C17H27BrO4SSi/c1-3-20-14(2)12-19-13-15-5-6-16(18)17(11-15)21-7-8-22-24-10-4-9-23/h5-6,11,14,23H,3-4,7-10,12-13H2,1-2H3/t14-/m1/s1. The maximum absolute atomic E-state index is 5.79. The predicted octanol–water partition coefficient (Wildman–Crippen LogP) is 4.14. The van der Waals surface area contributed by atoms with Gasteiger partial charge < -0.3 is 18.6 Å². The zero-order chi connectivity index (χ0) is 17.6. The second-order valence-corrected chi connectivity index (χ2v) is 7.59. The zero-order valence-electron chi connectivity index (χ0n) is 14.4. The smallest absolute Gasteiger partial charge is 0.229 e.